The zero-order valence-electron chi connectivity index (χ0n) is 12.8. The molecule has 0 atom stereocenters. The molecule has 0 saturated heterocycles. The molecule has 3 aromatic rings. The third kappa shape index (κ3) is 4.08. The first-order valence-electron chi connectivity index (χ1n) is 6.96. The molecular formula is C14H10F3N5O3S. The van der Waals surface area contributed by atoms with Crippen LogP contribution in [0.4, 0.5) is 18.9 Å². The van der Waals surface area contributed by atoms with Crippen LogP contribution in [-0.4, -0.2) is 35.0 Å². The number of tetrazole rings is 1. The number of aromatic nitrogens is 4. The van der Waals surface area contributed by atoms with Crippen molar-refractivity contribution < 1.29 is 26.3 Å². The van der Waals surface area contributed by atoms with Gasteiger partial charge < -0.3 is 4.74 Å². The predicted octanol–water partition coefficient (Wildman–Crippen LogP) is 2.36. The summed E-state index contributed by atoms with van der Waals surface area (Å²) < 4.78 is 68.8. The summed E-state index contributed by atoms with van der Waals surface area (Å²) in [5, 5.41) is 10.7. The second-order valence-corrected chi connectivity index (χ2v) is 6.58. The lowest BCUT2D eigenvalue weighted by molar-refractivity contribution is -0.274. The zero-order valence-corrected chi connectivity index (χ0v) is 13.6. The fourth-order valence-corrected chi connectivity index (χ4v) is 3.13. The number of nitrogens with one attached hydrogen (secondary N) is 1. The molecule has 0 fully saturated rings. The number of benzene rings is 2. The van der Waals surface area contributed by atoms with E-state index in [4.69, 9.17) is 0 Å². The van der Waals surface area contributed by atoms with Crippen LogP contribution in [0.5, 0.6) is 5.75 Å². The number of para-hydroxylation sites is 2. The maximum absolute atomic E-state index is 12.5. The van der Waals surface area contributed by atoms with Crippen LogP contribution in [-0.2, 0) is 10.0 Å². The van der Waals surface area contributed by atoms with Crippen LogP contribution >= 0.6 is 0 Å². The second kappa shape index (κ2) is 6.63. The Bertz CT molecular complexity index is 989. The average molecular weight is 385 g/mol. The highest BCUT2D eigenvalue weighted by molar-refractivity contribution is 7.92. The average Bonchev–Trinajstić information content (AvgIpc) is 3.08. The van der Waals surface area contributed by atoms with E-state index in [1.807, 2.05) is 0 Å². The summed E-state index contributed by atoms with van der Waals surface area (Å²) >= 11 is 0. The molecular weight excluding hydrogens is 375 g/mol. The highest BCUT2D eigenvalue weighted by Crippen LogP contribution is 2.26. The summed E-state index contributed by atoms with van der Waals surface area (Å²) in [7, 11) is -4.06. The largest absolute Gasteiger partial charge is 0.573 e. The lowest BCUT2D eigenvalue weighted by Crippen LogP contribution is -2.17. The van der Waals surface area contributed by atoms with Crippen molar-refractivity contribution in [1.82, 2.24) is 20.2 Å². The monoisotopic (exact) mass is 385 g/mol. The van der Waals surface area contributed by atoms with Crippen LogP contribution in [0.25, 0.3) is 5.69 Å². The Morgan fingerprint density at radius 3 is 2.35 bits per heavy atom. The molecule has 3 rings (SSSR count). The van der Waals surface area contributed by atoms with Crippen molar-refractivity contribution in [3.63, 3.8) is 0 Å². The molecule has 0 amide bonds. The number of rotatable bonds is 5. The van der Waals surface area contributed by atoms with Gasteiger partial charge in [-0.2, -0.15) is 4.68 Å². The first kappa shape index (κ1) is 17.7. The van der Waals surface area contributed by atoms with Gasteiger partial charge in [0.25, 0.3) is 10.0 Å². The molecule has 0 saturated carbocycles. The fraction of sp³-hybridized carbons (Fsp3) is 0.0714. The minimum Gasteiger partial charge on any atom is -0.406 e. The molecule has 0 aliphatic carbocycles. The quantitative estimate of drug-likeness (QED) is 0.724. The van der Waals surface area contributed by atoms with Crippen LogP contribution < -0.4 is 9.46 Å². The molecule has 1 aromatic heterocycles. The summed E-state index contributed by atoms with van der Waals surface area (Å²) in [6.07, 6.45) is -3.57. The van der Waals surface area contributed by atoms with Crippen molar-refractivity contribution in [2.24, 2.45) is 0 Å². The van der Waals surface area contributed by atoms with Crippen molar-refractivity contribution in [3.8, 4) is 11.4 Å². The number of ether oxygens (including phenoxy) is 1. The third-order valence-electron chi connectivity index (χ3n) is 3.11. The molecule has 2 aromatic carbocycles. The minimum atomic E-state index is -4.86. The third-order valence-corrected chi connectivity index (χ3v) is 4.49. The van der Waals surface area contributed by atoms with E-state index in [1.165, 1.54) is 17.1 Å². The zero-order chi connectivity index (χ0) is 18.8. The first-order chi connectivity index (χ1) is 12.2. The van der Waals surface area contributed by atoms with Crippen molar-refractivity contribution in [3.05, 3.63) is 54.9 Å². The Labute approximate surface area is 145 Å². The molecule has 0 bridgehead atoms. The van der Waals surface area contributed by atoms with Crippen molar-refractivity contribution in [1.29, 1.82) is 0 Å². The normalized spacial score (nSPS) is 12.0. The summed E-state index contributed by atoms with van der Waals surface area (Å²) in [5.41, 5.74) is 0.563. The molecule has 1 N–H and O–H groups in total. The van der Waals surface area contributed by atoms with Gasteiger partial charge >= 0.3 is 6.36 Å². The molecule has 26 heavy (non-hydrogen) atoms. The highest BCUT2D eigenvalue weighted by Gasteiger charge is 2.31. The van der Waals surface area contributed by atoms with Gasteiger partial charge in [-0.05, 0) is 46.8 Å². The van der Waals surface area contributed by atoms with Crippen LogP contribution in [0.3, 0.4) is 0 Å². The molecule has 136 valence electrons. The number of halogens is 3. The standard InChI is InChI=1S/C14H10F3N5O3S/c15-14(16,17)25-10-5-7-11(8-6-10)26(23,24)19-12-3-1-2-4-13(12)22-9-18-20-21-22/h1-9,19H. The van der Waals surface area contributed by atoms with Crippen LogP contribution in [0.15, 0.2) is 59.8 Å². The fourth-order valence-electron chi connectivity index (χ4n) is 2.06. The summed E-state index contributed by atoms with van der Waals surface area (Å²) in [6.45, 7) is 0. The number of anilines is 1. The van der Waals surface area contributed by atoms with E-state index in [2.05, 4.69) is 25.0 Å². The molecule has 0 radical (unpaired) electrons. The number of hydrogen-bond donors (Lipinski definition) is 1. The Balaban J connectivity index is 1.86. The van der Waals surface area contributed by atoms with Crippen molar-refractivity contribution in [2.75, 3.05) is 4.72 Å². The minimum absolute atomic E-state index is 0.190. The van der Waals surface area contributed by atoms with Gasteiger partial charge in [-0.1, -0.05) is 12.1 Å². The molecule has 0 spiro atoms. The van der Waals surface area contributed by atoms with Gasteiger partial charge in [-0.25, -0.2) is 8.42 Å². The van der Waals surface area contributed by atoms with E-state index in [-0.39, 0.29) is 10.6 Å². The summed E-state index contributed by atoms with van der Waals surface area (Å²) in [4.78, 5) is -0.237. The lowest BCUT2D eigenvalue weighted by Gasteiger charge is -2.13. The van der Waals surface area contributed by atoms with Gasteiger partial charge in [0.2, 0.25) is 0 Å². The number of nitrogens with zero attached hydrogens (tertiary/aromatic N) is 4. The van der Waals surface area contributed by atoms with E-state index in [0.29, 0.717) is 5.69 Å². The van der Waals surface area contributed by atoms with Crippen molar-refractivity contribution >= 4 is 15.7 Å². The van der Waals surface area contributed by atoms with Crippen LogP contribution in [0.2, 0.25) is 0 Å². The van der Waals surface area contributed by atoms with Gasteiger partial charge in [0.05, 0.1) is 16.3 Å². The molecule has 0 aliphatic rings. The van der Waals surface area contributed by atoms with Gasteiger partial charge in [0, 0.05) is 0 Å². The van der Waals surface area contributed by atoms with Crippen molar-refractivity contribution in [2.45, 2.75) is 11.3 Å². The number of alkyl halides is 3. The maximum atomic E-state index is 12.5. The summed E-state index contributed by atoms with van der Waals surface area (Å²) in [6, 6.07) is 10.2. The van der Waals surface area contributed by atoms with Crippen LogP contribution in [0.1, 0.15) is 0 Å². The van der Waals surface area contributed by atoms with Gasteiger partial charge in [0.1, 0.15) is 12.1 Å². The molecule has 0 aliphatic heterocycles. The summed E-state index contributed by atoms with van der Waals surface area (Å²) in [5.74, 6) is -0.523. The van der Waals surface area contributed by atoms with Gasteiger partial charge in [0.15, 0.2) is 0 Å². The molecule has 0 unspecified atom stereocenters. The van der Waals surface area contributed by atoms with E-state index in [1.54, 1.807) is 18.2 Å². The Morgan fingerprint density at radius 1 is 1.04 bits per heavy atom. The second-order valence-electron chi connectivity index (χ2n) is 4.90. The van der Waals surface area contributed by atoms with Gasteiger partial charge in [-0.3, -0.25) is 4.72 Å². The first-order valence-corrected chi connectivity index (χ1v) is 8.44. The Morgan fingerprint density at radius 2 is 1.73 bits per heavy atom. The smallest absolute Gasteiger partial charge is 0.406 e. The Hall–Kier alpha value is -3.15. The highest BCUT2D eigenvalue weighted by atomic mass is 32.2. The van der Waals surface area contributed by atoms with E-state index in [0.717, 1.165) is 24.3 Å². The molecule has 12 heteroatoms. The SMILES string of the molecule is O=S(=O)(Nc1ccccc1-n1cnnn1)c1ccc(OC(F)(F)F)cc1. The molecule has 1 heterocycles. The topological polar surface area (TPSA) is 99.0 Å². The predicted molar refractivity (Wildman–Crippen MR) is 83.1 cm³/mol. The maximum Gasteiger partial charge on any atom is 0.573 e. The number of hydrogen-bond acceptors (Lipinski definition) is 6. The van der Waals surface area contributed by atoms with Gasteiger partial charge in [-0.15, -0.1) is 18.3 Å². The Kier molecular flexibility index (Phi) is 4.50. The van der Waals surface area contributed by atoms with E-state index >= 15 is 0 Å². The number of sulfonamides is 1. The van der Waals surface area contributed by atoms with E-state index < -0.39 is 22.1 Å². The van der Waals surface area contributed by atoms with Crippen LogP contribution in [0, 0.1) is 0 Å². The lowest BCUT2D eigenvalue weighted by atomic mass is 10.3. The molecule has 8 nitrogen and oxygen atoms in total. The van der Waals surface area contributed by atoms with E-state index in [9.17, 15) is 21.6 Å².